The van der Waals surface area contributed by atoms with Crippen LogP contribution in [0.2, 0.25) is 0 Å². The fourth-order valence-corrected chi connectivity index (χ4v) is 3.05. The van der Waals surface area contributed by atoms with Crippen LogP contribution in [0.15, 0.2) is 30.3 Å². The van der Waals surface area contributed by atoms with Crippen LogP contribution in [0.25, 0.3) is 0 Å². The molecule has 1 aliphatic rings. The van der Waals surface area contributed by atoms with Gasteiger partial charge in [-0.15, -0.1) is 0 Å². The van der Waals surface area contributed by atoms with Crippen LogP contribution < -0.4 is 0 Å². The van der Waals surface area contributed by atoms with Gasteiger partial charge in [0.2, 0.25) is 0 Å². The van der Waals surface area contributed by atoms with Crippen LogP contribution in [0, 0.1) is 0 Å². The lowest BCUT2D eigenvalue weighted by atomic mass is 9.88. The third-order valence-electron chi connectivity index (χ3n) is 5.01. The highest BCUT2D eigenvalue weighted by Crippen LogP contribution is 2.28. The van der Waals surface area contributed by atoms with Crippen LogP contribution in [-0.4, -0.2) is 59.7 Å². The van der Waals surface area contributed by atoms with Gasteiger partial charge in [0.15, 0.2) is 0 Å². The highest BCUT2D eigenvalue weighted by atomic mass is 16.6. The number of benzene rings is 1. The number of ether oxygens (including phenoxy) is 2. The van der Waals surface area contributed by atoms with Gasteiger partial charge >= 0.3 is 12.1 Å². The van der Waals surface area contributed by atoms with Gasteiger partial charge in [0, 0.05) is 25.7 Å². The van der Waals surface area contributed by atoms with E-state index in [4.69, 9.17) is 9.47 Å². The van der Waals surface area contributed by atoms with Crippen LogP contribution >= 0.6 is 0 Å². The first-order valence-electron chi connectivity index (χ1n) is 9.48. The zero-order chi connectivity index (χ0) is 20.1. The van der Waals surface area contributed by atoms with Crippen molar-refractivity contribution < 1.29 is 19.1 Å². The quantitative estimate of drug-likeness (QED) is 0.737. The van der Waals surface area contributed by atoms with Crippen LogP contribution in [0.4, 0.5) is 4.79 Å². The number of carbonyl (C=O) groups excluding carboxylic acids is 2. The third kappa shape index (κ3) is 6.54. The number of nitrogens with zero attached hydrogens (tertiary/aromatic N) is 2. The monoisotopic (exact) mass is 376 g/mol. The fourth-order valence-electron chi connectivity index (χ4n) is 3.05. The van der Waals surface area contributed by atoms with Crippen LogP contribution in [0.3, 0.4) is 0 Å². The van der Waals surface area contributed by atoms with E-state index >= 15 is 0 Å². The predicted octanol–water partition coefficient (Wildman–Crippen LogP) is 3.45. The molecule has 6 nitrogen and oxygen atoms in total. The maximum Gasteiger partial charge on any atom is 0.410 e. The summed E-state index contributed by atoms with van der Waals surface area (Å²) in [5.74, 6) is -0.219. The van der Waals surface area contributed by atoms with E-state index in [1.165, 1.54) is 0 Å². The van der Waals surface area contributed by atoms with Crippen molar-refractivity contribution in [2.45, 2.75) is 58.3 Å². The van der Waals surface area contributed by atoms with Crippen molar-refractivity contribution in [3.05, 3.63) is 35.9 Å². The zero-order valence-corrected chi connectivity index (χ0v) is 17.2. The number of hydrogen-bond acceptors (Lipinski definition) is 5. The van der Waals surface area contributed by atoms with Gasteiger partial charge in [-0.2, -0.15) is 0 Å². The Kier molecular flexibility index (Phi) is 6.87. The number of rotatable bonds is 5. The summed E-state index contributed by atoms with van der Waals surface area (Å²) in [6.07, 6.45) is 1.27. The van der Waals surface area contributed by atoms with E-state index in [-0.39, 0.29) is 24.1 Å². The number of piperidine rings is 1. The molecule has 0 aliphatic carbocycles. The lowest BCUT2D eigenvalue weighted by Crippen LogP contribution is -2.55. The summed E-state index contributed by atoms with van der Waals surface area (Å²) >= 11 is 0. The molecule has 0 N–H and O–H groups in total. The van der Waals surface area contributed by atoms with E-state index in [0.717, 1.165) is 31.5 Å². The van der Waals surface area contributed by atoms with Gasteiger partial charge in [0.1, 0.15) is 12.2 Å². The molecule has 0 atom stereocenters. The van der Waals surface area contributed by atoms with E-state index in [9.17, 15) is 9.59 Å². The van der Waals surface area contributed by atoms with Crippen molar-refractivity contribution in [2.24, 2.45) is 0 Å². The smallest absolute Gasteiger partial charge is 0.410 e. The average molecular weight is 376 g/mol. The Morgan fingerprint density at radius 1 is 1.15 bits per heavy atom. The second-order valence-electron chi connectivity index (χ2n) is 8.46. The molecule has 0 aromatic heterocycles. The second kappa shape index (κ2) is 8.74. The normalized spacial score (nSPS) is 17.2. The summed E-state index contributed by atoms with van der Waals surface area (Å²) in [5, 5.41) is 0. The Balaban J connectivity index is 1.78. The van der Waals surface area contributed by atoms with Crippen molar-refractivity contribution in [3.8, 4) is 0 Å². The summed E-state index contributed by atoms with van der Waals surface area (Å²) in [6, 6.07) is 9.66. The average Bonchev–Trinajstić information content (AvgIpc) is 2.61. The Hall–Kier alpha value is -2.08. The lowest BCUT2D eigenvalue weighted by Gasteiger charge is -2.44. The molecule has 27 heavy (non-hydrogen) atoms. The summed E-state index contributed by atoms with van der Waals surface area (Å²) in [5.41, 5.74) is 0.202. The van der Waals surface area contributed by atoms with Crippen molar-refractivity contribution >= 4 is 12.1 Å². The second-order valence-corrected chi connectivity index (χ2v) is 8.46. The summed E-state index contributed by atoms with van der Waals surface area (Å²) in [4.78, 5) is 28.2. The summed E-state index contributed by atoms with van der Waals surface area (Å²) < 4.78 is 10.8. The molecule has 1 saturated heterocycles. The van der Waals surface area contributed by atoms with Crippen molar-refractivity contribution in [1.82, 2.24) is 9.80 Å². The molecule has 0 bridgehead atoms. The molecule has 150 valence electrons. The van der Waals surface area contributed by atoms with E-state index in [2.05, 4.69) is 11.8 Å². The van der Waals surface area contributed by atoms with Crippen molar-refractivity contribution in [3.63, 3.8) is 0 Å². The zero-order valence-electron chi connectivity index (χ0n) is 17.2. The first-order valence-corrected chi connectivity index (χ1v) is 9.48. The molecule has 1 aromatic rings. The SMILES string of the molecule is CN(C(=O)OC(C)(C)C)C1(C)CCN(CC(=O)OCc2ccccc2)CC1. The minimum atomic E-state index is -0.509. The van der Waals surface area contributed by atoms with Crippen molar-refractivity contribution in [1.29, 1.82) is 0 Å². The Morgan fingerprint density at radius 3 is 2.30 bits per heavy atom. The number of esters is 1. The molecule has 1 amide bonds. The molecule has 2 rings (SSSR count). The Morgan fingerprint density at radius 2 is 1.74 bits per heavy atom. The molecule has 1 fully saturated rings. The largest absolute Gasteiger partial charge is 0.460 e. The number of carbonyl (C=O) groups is 2. The fraction of sp³-hybridized carbons (Fsp3) is 0.619. The Labute approximate surface area is 162 Å². The van der Waals surface area contributed by atoms with Gasteiger partial charge in [-0.3, -0.25) is 9.69 Å². The van der Waals surface area contributed by atoms with Crippen LogP contribution in [0.5, 0.6) is 0 Å². The van der Waals surface area contributed by atoms with Gasteiger partial charge in [-0.1, -0.05) is 30.3 Å². The first-order chi connectivity index (χ1) is 12.6. The summed E-state index contributed by atoms with van der Waals surface area (Å²) in [7, 11) is 1.79. The minimum Gasteiger partial charge on any atom is -0.460 e. The van der Waals surface area contributed by atoms with E-state index in [0.29, 0.717) is 6.61 Å². The molecule has 0 saturated carbocycles. The van der Waals surface area contributed by atoms with E-state index < -0.39 is 5.60 Å². The number of likely N-dealkylation sites (tertiary alicyclic amines) is 1. The topological polar surface area (TPSA) is 59.1 Å². The standard InChI is InChI=1S/C21H32N2O4/c1-20(2,3)27-19(25)22(5)21(4)11-13-23(14-12-21)15-18(24)26-16-17-9-7-6-8-10-17/h6-10H,11-16H2,1-5H3. The maximum atomic E-state index is 12.4. The molecule has 1 aliphatic heterocycles. The van der Waals surface area contributed by atoms with Gasteiger partial charge in [-0.25, -0.2) is 4.79 Å². The highest BCUT2D eigenvalue weighted by molar-refractivity contribution is 5.71. The van der Waals surface area contributed by atoms with Gasteiger partial charge in [0.05, 0.1) is 6.54 Å². The molecule has 0 unspecified atom stereocenters. The van der Waals surface area contributed by atoms with E-state index in [1.54, 1.807) is 11.9 Å². The van der Waals surface area contributed by atoms with Gasteiger partial charge in [-0.05, 0) is 46.1 Å². The lowest BCUT2D eigenvalue weighted by molar-refractivity contribution is -0.147. The highest BCUT2D eigenvalue weighted by Gasteiger charge is 2.38. The molecular weight excluding hydrogens is 344 g/mol. The van der Waals surface area contributed by atoms with Crippen molar-refractivity contribution in [2.75, 3.05) is 26.7 Å². The maximum absolute atomic E-state index is 12.4. The molecular formula is C21H32N2O4. The molecule has 1 aromatic carbocycles. The molecule has 0 radical (unpaired) electrons. The van der Waals surface area contributed by atoms with Gasteiger partial charge < -0.3 is 14.4 Å². The first kappa shape index (κ1) is 21.2. The predicted molar refractivity (Wildman–Crippen MR) is 104 cm³/mol. The van der Waals surface area contributed by atoms with Crippen LogP contribution in [-0.2, 0) is 20.9 Å². The Bertz CT molecular complexity index is 631. The molecule has 1 heterocycles. The van der Waals surface area contributed by atoms with Crippen LogP contribution in [0.1, 0.15) is 46.1 Å². The third-order valence-corrected chi connectivity index (χ3v) is 5.01. The number of amides is 1. The van der Waals surface area contributed by atoms with Gasteiger partial charge in [0.25, 0.3) is 0 Å². The summed E-state index contributed by atoms with van der Waals surface area (Å²) in [6.45, 7) is 9.72. The number of hydrogen-bond donors (Lipinski definition) is 0. The minimum absolute atomic E-state index is 0.219. The molecule has 6 heteroatoms. The molecule has 0 spiro atoms. The van der Waals surface area contributed by atoms with E-state index in [1.807, 2.05) is 51.1 Å².